The molecule has 0 N–H and O–H groups in total. The minimum Gasteiger partial charge on any atom is -0.482 e. The maximum Gasteiger partial charge on any atom is 0.292 e. The molecule has 166 valence electrons. The van der Waals surface area contributed by atoms with Crippen molar-refractivity contribution in [1.82, 2.24) is 19.8 Å². The van der Waals surface area contributed by atoms with Crippen LogP contribution in [0.5, 0.6) is 5.75 Å². The van der Waals surface area contributed by atoms with E-state index in [9.17, 15) is 4.79 Å². The fraction of sp³-hybridized carbons (Fsp3) is 0.240. The number of carbonyl (C=O) groups is 1. The summed E-state index contributed by atoms with van der Waals surface area (Å²) in [5, 5.41) is 9.23. The Hall–Kier alpha value is -3.58. The van der Waals surface area contributed by atoms with Crippen molar-refractivity contribution in [3.05, 3.63) is 77.1 Å². The summed E-state index contributed by atoms with van der Waals surface area (Å²) in [5.74, 6) is 0.921. The van der Waals surface area contributed by atoms with Gasteiger partial charge in [0.1, 0.15) is 17.0 Å². The van der Waals surface area contributed by atoms with Crippen LogP contribution in [0.4, 0.5) is 0 Å². The van der Waals surface area contributed by atoms with Crippen LogP contribution in [0.2, 0.25) is 5.02 Å². The van der Waals surface area contributed by atoms with Crippen LogP contribution in [0.25, 0.3) is 22.5 Å². The summed E-state index contributed by atoms with van der Waals surface area (Å²) in [6.45, 7) is 1.10. The first-order valence-electron chi connectivity index (χ1n) is 10.9. The van der Waals surface area contributed by atoms with Gasteiger partial charge in [-0.2, -0.15) is 5.10 Å². The molecule has 7 nitrogen and oxygen atoms in total. The quantitative estimate of drug-likeness (QED) is 0.424. The molecular formula is C25H21ClN4O3. The Morgan fingerprint density at radius 2 is 1.85 bits per heavy atom. The van der Waals surface area contributed by atoms with Crippen LogP contribution in [0.1, 0.15) is 29.0 Å². The lowest BCUT2D eigenvalue weighted by atomic mass is 9.81. The molecule has 2 aliphatic heterocycles. The topological polar surface area (TPSA) is 73.4 Å². The number of piperidine rings is 1. The van der Waals surface area contributed by atoms with Crippen LogP contribution < -0.4 is 4.74 Å². The molecule has 1 fully saturated rings. The van der Waals surface area contributed by atoms with Gasteiger partial charge < -0.3 is 14.2 Å². The minimum absolute atomic E-state index is 0.166. The Bertz CT molecular complexity index is 1350. The zero-order valence-electron chi connectivity index (χ0n) is 18.0. The zero-order valence-corrected chi connectivity index (χ0v) is 18.7. The molecule has 4 heterocycles. The van der Waals surface area contributed by atoms with Crippen molar-refractivity contribution in [2.24, 2.45) is 7.05 Å². The smallest absolute Gasteiger partial charge is 0.292 e. The van der Waals surface area contributed by atoms with E-state index in [1.807, 2.05) is 48.3 Å². The second-order valence-electron chi connectivity index (χ2n) is 8.50. The van der Waals surface area contributed by atoms with Crippen molar-refractivity contribution in [3.8, 4) is 28.3 Å². The molecule has 0 bridgehead atoms. The molecule has 2 aliphatic rings. The van der Waals surface area contributed by atoms with Crippen molar-refractivity contribution < 1.29 is 14.1 Å². The van der Waals surface area contributed by atoms with Gasteiger partial charge >= 0.3 is 0 Å². The monoisotopic (exact) mass is 460 g/mol. The fourth-order valence-electron chi connectivity index (χ4n) is 4.84. The number of hydrogen-bond donors (Lipinski definition) is 0. The van der Waals surface area contributed by atoms with Gasteiger partial charge in [-0.3, -0.25) is 9.48 Å². The third-order valence-corrected chi connectivity index (χ3v) is 6.85. The molecular weight excluding hydrogens is 440 g/mol. The highest BCUT2D eigenvalue weighted by molar-refractivity contribution is 6.30. The van der Waals surface area contributed by atoms with E-state index in [0.717, 1.165) is 28.1 Å². The Balaban J connectivity index is 1.23. The first-order chi connectivity index (χ1) is 16.0. The summed E-state index contributed by atoms with van der Waals surface area (Å²) in [5.41, 5.74) is 4.17. The molecule has 33 heavy (non-hydrogen) atoms. The van der Waals surface area contributed by atoms with Crippen LogP contribution in [0.3, 0.4) is 0 Å². The number of carbonyl (C=O) groups excluding carboxylic acids is 1. The number of aromatic nitrogens is 3. The van der Waals surface area contributed by atoms with Crippen LogP contribution in [-0.4, -0.2) is 38.8 Å². The molecule has 1 saturated heterocycles. The van der Waals surface area contributed by atoms with Crippen molar-refractivity contribution in [2.75, 3.05) is 13.1 Å². The molecule has 1 spiro atoms. The largest absolute Gasteiger partial charge is 0.482 e. The second-order valence-corrected chi connectivity index (χ2v) is 8.93. The first kappa shape index (κ1) is 20.1. The van der Waals surface area contributed by atoms with Gasteiger partial charge in [0.25, 0.3) is 5.91 Å². The standard InChI is InChI=1S/C25H21ClN4O3/c1-29-23-18-4-2-3-5-21(18)32-25(19(23)15-27-29)10-12-30(13-11-25)24(31)22-14-20(28-33-22)16-6-8-17(26)9-7-16/h2-9,14-15H,10-13H2,1H3. The van der Waals surface area contributed by atoms with Crippen LogP contribution in [0.15, 0.2) is 65.3 Å². The van der Waals surface area contributed by atoms with Gasteiger partial charge in [0.2, 0.25) is 5.76 Å². The lowest BCUT2D eigenvalue weighted by molar-refractivity contribution is -0.00281. The highest BCUT2D eigenvalue weighted by Gasteiger charge is 2.46. The number of rotatable bonds is 2. The van der Waals surface area contributed by atoms with Gasteiger partial charge in [0.15, 0.2) is 0 Å². The first-order valence-corrected chi connectivity index (χ1v) is 11.2. The zero-order chi connectivity index (χ0) is 22.6. The normalized spacial score (nSPS) is 16.2. The molecule has 0 unspecified atom stereocenters. The molecule has 8 heteroatoms. The van der Waals surface area contributed by atoms with E-state index >= 15 is 0 Å². The molecule has 0 atom stereocenters. The molecule has 6 rings (SSSR count). The molecule has 1 amide bonds. The van der Waals surface area contributed by atoms with Gasteiger partial charge in [-0.1, -0.05) is 41.0 Å². The molecule has 4 aromatic rings. The Morgan fingerprint density at radius 3 is 2.64 bits per heavy atom. The summed E-state index contributed by atoms with van der Waals surface area (Å²) in [7, 11) is 1.95. The highest BCUT2D eigenvalue weighted by Crippen LogP contribution is 2.49. The summed E-state index contributed by atoms with van der Waals surface area (Å²) in [6, 6.07) is 17.0. The number of ether oxygens (including phenoxy) is 1. The molecule has 2 aromatic carbocycles. The van der Waals surface area contributed by atoms with Gasteiger partial charge in [-0.15, -0.1) is 0 Å². The van der Waals surface area contributed by atoms with E-state index in [0.29, 0.717) is 36.6 Å². The lowest BCUT2D eigenvalue weighted by Crippen LogP contribution is -2.49. The summed E-state index contributed by atoms with van der Waals surface area (Å²) < 4.78 is 13.9. The predicted octanol–water partition coefficient (Wildman–Crippen LogP) is 4.92. The summed E-state index contributed by atoms with van der Waals surface area (Å²) in [6.07, 6.45) is 3.24. The fourth-order valence-corrected chi connectivity index (χ4v) is 4.96. The predicted molar refractivity (Wildman–Crippen MR) is 123 cm³/mol. The maximum atomic E-state index is 13.1. The SMILES string of the molecule is Cn1ncc2c1-c1ccccc1OC21CCN(C(=O)c2cc(-c3ccc(Cl)cc3)no2)CC1. The molecule has 0 saturated carbocycles. The third-order valence-electron chi connectivity index (χ3n) is 6.60. The molecule has 0 aliphatic carbocycles. The van der Waals surface area contributed by atoms with E-state index in [2.05, 4.69) is 16.3 Å². The number of nitrogens with zero attached hydrogens (tertiary/aromatic N) is 4. The Labute approximate surface area is 195 Å². The van der Waals surface area contributed by atoms with E-state index in [4.69, 9.17) is 20.9 Å². The maximum absolute atomic E-state index is 13.1. The van der Waals surface area contributed by atoms with Crippen molar-refractivity contribution >= 4 is 17.5 Å². The number of fused-ring (bicyclic) bond motifs is 4. The Morgan fingerprint density at radius 1 is 1.09 bits per heavy atom. The van der Waals surface area contributed by atoms with E-state index < -0.39 is 5.60 Å². The van der Waals surface area contributed by atoms with Crippen LogP contribution in [-0.2, 0) is 12.6 Å². The van der Waals surface area contributed by atoms with Gasteiger partial charge in [-0.25, -0.2) is 0 Å². The number of likely N-dealkylation sites (tertiary alicyclic amines) is 1. The van der Waals surface area contributed by atoms with Crippen molar-refractivity contribution in [2.45, 2.75) is 18.4 Å². The second kappa shape index (κ2) is 7.49. The third kappa shape index (κ3) is 3.23. The van der Waals surface area contributed by atoms with E-state index in [1.54, 1.807) is 23.1 Å². The van der Waals surface area contributed by atoms with E-state index in [-0.39, 0.29) is 11.7 Å². The number of amides is 1. The summed E-state index contributed by atoms with van der Waals surface area (Å²) in [4.78, 5) is 14.9. The van der Waals surface area contributed by atoms with Crippen LogP contribution in [0, 0.1) is 0 Å². The van der Waals surface area contributed by atoms with Crippen molar-refractivity contribution in [1.29, 1.82) is 0 Å². The lowest BCUT2D eigenvalue weighted by Gasteiger charge is -2.44. The number of benzene rings is 2. The highest BCUT2D eigenvalue weighted by atomic mass is 35.5. The van der Waals surface area contributed by atoms with Crippen molar-refractivity contribution in [3.63, 3.8) is 0 Å². The van der Waals surface area contributed by atoms with E-state index in [1.165, 1.54) is 0 Å². The number of hydrogen-bond acceptors (Lipinski definition) is 5. The number of aryl methyl sites for hydroxylation is 1. The summed E-state index contributed by atoms with van der Waals surface area (Å²) >= 11 is 5.96. The minimum atomic E-state index is -0.495. The average Bonchev–Trinajstić information content (AvgIpc) is 3.48. The number of para-hydroxylation sites is 1. The Kier molecular flexibility index (Phi) is 4.55. The molecule has 2 aromatic heterocycles. The number of halogens is 1. The van der Waals surface area contributed by atoms with Crippen LogP contribution >= 0.6 is 11.6 Å². The average molecular weight is 461 g/mol. The van der Waals surface area contributed by atoms with Gasteiger partial charge in [0.05, 0.1) is 11.9 Å². The van der Waals surface area contributed by atoms with Gasteiger partial charge in [0, 0.05) is 60.8 Å². The van der Waals surface area contributed by atoms with Gasteiger partial charge in [-0.05, 0) is 24.3 Å². The molecule has 0 radical (unpaired) electrons.